The molecule has 4 rings (SSSR count). The van der Waals surface area contributed by atoms with Crippen LogP contribution in [0.5, 0.6) is 0 Å². The van der Waals surface area contributed by atoms with E-state index in [0.717, 1.165) is 36.1 Å². The first-order valence-corrected chi connectivity index (χ1v) is 10.9. The van der Waals surface area contributed by atoms with E-state index in [2.05, 4.69) is 14.8 Å². The van der Waals surface area contributed by atoms with Gasteiger partial charge in [0.2, 0.25) is 0 Å². The minimum Gasteiger partial charge on any atom is -0.351 e. The van der Waals surface area contributed by atoms with Crippen molar-refractivity contribution in [1.29, 1.82) is 0 Å². The number of nitrogens with zero attached hydrogens (tertiary/aromatic N) is 2. The second-order valence-corrected chi connectivity index (χ2v) is 8.49. The van der Waals surface area contributed by atoms with Crippen LogP contribution in [0.2, 0.25) is 10.0 Å². The summed E-state index contributed by atoms with van der Waals surface area (Å²) < 4.78 is 2.09. The quantitative estimate of drug-likeness (QED) is 0.583. The Morgan fingerprint density at radius 1 is 0.966 bits per heavy atom. The smallest absolute Gasteiger partial charge is 0.253 e. The summed E-state index contributed by atoms with van der Waals surface area (Å²) in [4.78, 5) is 15.3. The van der Waals surface area contributed by atoms with Gasteiger partial charge >= 0.3 is 0 Å². The molecule has 0 saturated carbocycles. The number of halogens is 2. The lowest BCUT2D eigenvalue weighted by Crippen LogP contribution is -2.37. The molecule has 1 aliphatic heterocycles. The molecule has 3 aromatic rings. The van der Waals surface area contributed by atoms with Crippen molar-refractivity contribution in [2.45, 2.75) is 25.8 Å². The molecule has 1 aromatic heterocycles. The molecule has 2 heterocycles. The molecule has 4 nitrogen and oxygen atoms in total. The fourth-order valence-corrected chi connectivity index (χ4v) is 4.27. The Labute approximate surface area is 181 Å². The van der Waals surface area contributed by atoms with Crippen LogP contribution in [0.4, 0.5) is 0 Å². The van der Waals surface area contributed by atoms with Crippen LogP contribution in [0, 0.1) is 0 Å². The first-order chi connectivity index (χ1) is 14.1. The summed E-state index contributed by atoms with van der Waals surface area (Å²) in [6, 6.07) is 13.5. The standard InChI is InChI=1S/C23H25Cl2N3O/c24-18-6-4-17(5-7-18)15-28-16-21(20-14-19(25)8-9-22(20)28)23(29)26-10-13-27-11-2-1-3-12-27/h4-9,14,16H,1-3,10-13,15H2,(H,26,29). The molecule has 0 bridgehead atoms. The molecule has 0 aliphatic carbocycles. The van der Waals surface area contributed by atoms with Crippen molar-refractivity contribution in [3.63, 3.8) is 0 Å². The molecule has 6 heteroatoms. The van der Waals surface area contributed by atoms with E-state index in [1.54, 1.807) is 0 Å². The van der Waals surface area contributed by atoms with Crippen molar-refractivity contribution >= 4 is 40.0 Å². The topological polar surface area (TPSA) is 37.3 Å². The molecule has 152 valence electrons. The van der Waals surface area contributed by atoms with Crippen molar-refractivity contribution < 1.29 is 4.79 Å². The Balaban J connectivity index is 1.52. The lowest BCUT2D eigenvalue weighted by molar-refractivity contribution is 0.0948. The van der Waals surface area contributed by atoms with Crippen LogP contribution >= 0.6 is 23.2 Å². The van der Waals surface area contributed by atoms with Crippen LogP contribution in [0.25, 0.3) is 10.9 Å². The molecule has 0 unspecified atom stereocenters. The molecule has 1 N–H and O–H groups in total. The number of likely N-dealkylation sites (tertiary alicyclic amines) is 1. The number of rotatable bonds is 6. The molecule has 1 fully saturated rings. The molecule has 1 saturated heterocycles. The summed E-state index contributed by atoms with van der Waals surface area (Å²) in [5, 5.41) is 5.31. The number of carbonyl (C=O) groups excluding carboxylic acids is 1. The van der Waals surface area contributed by atoms with Crippen molar-refractivity contribution in [3.8, 4) is 0 Å². The van der Waals surface area contributed by atoms with Gasteiger partial charge in [-0.3, -0.25) is 4.79 Å². The molecular formula is C23H25Cl2N3O. The third-order valence-corrected chi connectivity index (χ3v) is 6.00. The fraction of sp³-hybridized carbons (Fsp3) is 0.348. The first-order valence-electron chi connectivity index (χ1n) is 10.1. The first kappa shape index (κ1) is 20.3. The van der Waals surface area contributed by atoms with Crippen molar-refractivity contribution in [1.82, 2.24) is 14.8 Å². The largest absolute Gasteiger partial charge is 0.351 e. The van der Waals surface area contributed by atoms with E-state index in [9.17, 15) is 4.79 Å². The van der Waals surface area contributed by atoms with Gasteiger partial charge in [0.05, 0.1) is 5.56 Å². The maximum Gasteiger partial charge on any atom is 0.253 e. The summed E-state index contributed by atoms with van der Waals surface area (Å²) >= 11 is 12.2. The molecular weight excluding hydrogens is 405 g/mol. The van der Waals surface area contributed by atoms with Gasteiger partial charge in [0.25, 0.3) is 5.91 Å². The second kappa shape index (κ2) is 9.21. The highest BCUT2D eigenvalue weighted by molar-refractivity contribution is 6.31. The van der Waals surface area contributed by atoms with E-state index in [0.29, 0.717) is 28.7 Å². The summed E-state index contributed by atoms with van der Waals surface area (Å²) in [5.74, 6) is -0.0517. The average Bonchev–Trinajstić information content (AvgIpc) is 3.08. The van der Waals surface area contributed by atoms with Crippen LogP contribution in [0.15, 0.2) is 48.7 Å². The number of hydrogen-bond donors (Lipinski definition) is 1. The molecule has 2 aromatic carbocycles. The second-order valence-electron chi connectivity index (χ2n) is 7.62. The molecule has 0 spiro atoms. The van der Waals surface area contributed by atoms with Crippen molar-refractivity contribution in [2.24, 2.45) is 0 Å². The van der Waals surface area contributed by atoms with Gasteiger partial charge in [0.1, 0.15) is 0 Å². The maximum atomic E-state index is 12.9. The predicted molar refractivity (Wildman–Crippen MR) is 120 cm³/mol. The minimum absolute atomic E-state index is 0.0517. The Bertz CT molecular complexity index is 991. The predicted octanol–water partition coefficient (Wildman–Crippen LogP) is 5.21. The Morgan fingerprint density at radius 3 is 2.45 bits per heavy atom. The van der Waals surface area contributed by atoms with Crippen LogP contribution in [-0.2, 0) is 6.54 Å². The van der Waals surface area contributed by atoms with E-state index < -0.39 is 0 Å². The SMILES string of the molecule is O=C(NCCN1CCCCC1)c1cn(Cc2ccc(Cl)cc2)c2ccc(Cl)cc12. The van der Waals surface area contributed by atoms with Gasteiger partial charge in [0, 0.05) is 46.8 Å². The number of hydrogen-bond acceptors (Lipinski definition) is 2. The zero-order chi connectivity index (χ0) is 20.2. The zero-order valence-corrected chi connectivity index (χ0v) is 17.8. The number of piperidine rings is 1. The van der Waals surface area contributed by atoms with E-state index in [1.807, 2.05) is 48.7 Å². The van der Waals surface area contributed by atoms with Crippen molar-refractivity contribution in [3.05, 3.63) is 69.8 Å². The zero-order valence-electron chi connectivity index (χ0n) is 16.3. The highest BCUT2D eigenvalue weighted by Crippen LogP contribution is 2.26. The van der Waals surface area contributed by atoms with Gasteiger partial charge in [-0.1, -0.05) is 41.8 Å². The lowest BCUT2D eigenvalue weighted by Gasteiger charge is -2.26. The molecule has 29 heavy (non-hydrogen) atoms. The Morgan fingerprint density at radius 2 is 1.69 bits per heavy atom. The number of aromatic nitrogens is 1. The van der Waals surface area contributed by atoms with E-state index in [4.69, 9.17) is 23.2 Å². The third-order valence-electron chi connectivity index (χ3n) is 5.52. The van der Waals surface area contributed by atoms with Gasteiger partial charge in [-0.2, -0.15) is 0 Å². The average molecular weight is 430 g/mol. The van der Waals surface area contributed by atoms with Crippen LogP contribution in [0.1, 0.15) is 35.2 Å². The fourth-order valence-electron chi connectivity index (χ4n) is 3.97. The van der Waals surface area contributed by atoms with E-state index in [-0.39, 0.29) is 5.91 Å². The van der Waals surface area contributed by atoms with E-state index in [1.165, 1.54) is 19.3 Å². The van der Waals surface area contributed by atoms with Crippen molar-refractivity contribution in [2.75, 3.05) is 26.2 Å². The Hall–Kier alpha value is -2.01. The van der Waals surface area contributed by atoms with Crippen LogP contribution in [0.3, 0.4) is 0 Å². The van der Waals surface area contributed by atoms with Crippen LogP contribution in [-0.4, -0.2) is 41.6 Å². The monoisotopic (exact) mass is 429 g/mol. The summed E-state index contributed by atoms with van der Waals surface area (Å²) in [5.41, 5.74) is 2.78. The van der Waals surface area contributed by atoms with Gasteiger partial charge in [-0.25, -0.2) is 0 Å². The summed E-state index contributed by atoms with van der Waals surface area (Å²) in [7, 11) is 0. The third kappa shape index (κ3) is 4.95. The van der Waals surface area contributed by atoms with E-state index >= 15 is 0 Å². The normalized spacial score (nSPS) is 15.0. The molecule has 0 radical (unpaired) electrons. The van der Waals surface area contributed by atoms with Gasteiger partial charge in [-0.15, -0.1) is 0 Å². The Kier molecular flexibility index (Phi) is 6.43. The molecule has 1 amide bonds. The summed E-state index contributed by atoms with van der Waals surface area (Å²) in [6.45, 7) is 4.48. The molecule has 1 aliphatic rings. The number of nitrogens with one attached hydrogen (secondary N) is 1. The number of amides is 1. The minimum atomic E-state index is -0.0517. The van der Waals surface area contributed by atoms with Gasteiger partial charge < -0.3 is 14.8 Å². The van der Waals surface area contributed by atoms with Crippen LogP contribution < -0.4 is 5.32 Å². The summed E-state index contributed by atoms with van der Waals surface area (Å²) in [6.07, 6.45) is 5.75. The highest BCUT2D eigenvalue weighted by Gasteiger charge is 2.16. The maximum absolute atomic E-state index is 12.9. The number of benzene rings is 2. The lowest BCUT2D eigenvalue weighted by atomic mass is 10.1. The number of carbonyl (C=O) groups is 1. The molecule has 0 atom stereocenters. The van der Waals surface area contributed by atoms with Gasteiger partial charge in [-0.05, 0) is 61.8 Å². The van der Waals surface area contributed by atoms with Gasteiger partial charge in [0.15, 0.2) is 0 Å². The highest BCUT2D eigenvalue weighted by atomic mass is 35.5. The number of fused-ring (bicyclic) bond motifs is 1.